The highest BCUT2D eigenvalue weighted by atomic mass is 16.6. The molecule has 7 N–H and O–H groups in total. The maximum atomic E-state index is 11.1. The van der Waals surface area contributed by atoms with E-state index < -0.39 is 49.0 Å². The average molecular weight is 356 g/mol. The molecule has 0 aliphatic heterocycles. The number of carboxylic acid groups (broad SMARTS) is 1. The number of phenolic OH excluding ortho intramolecular Hbond substituents is 2. The molecule has 1 saturated carbocycles. The molecule has 2 unspecified atom stereocenters. The Kier molecular flexibility index (Phi) is 5.65. The molecular formula is C16H20O9. The molecular weight excluding hydrogens is 336 g/mol. The number of ether oxygens (including phenoxy) is 1. The first-order valence-corrected chi connectivity index (χ1v) is 7.48. The average Bonchev–Trinajstić information content (AvgIpc) is 2.53. The van der Waals surface area contributed by atoms with Crippen LogP contribution in [0.5, 0.6) is 11.5 Å². The summed E-state index contributed by atoms with van der Waals surface area (Å²) < 4.78 is 5.12. The number of rotatable bonds is 5. The van der Waals surface area contributed by atoms with Gasteiger partial charge in [0.2, 0.25) is 0 Å². The largest absolute Gasteiger partial charge is 0.504 e. The van der Waals surface area contributed by atoms with Crippen LogP contribution in [0.2, 0.25) is 0 Å². The minimum absolute atomic E-state index is 0.304. The Morgan fingerprint density at radius 1 is 1.24 bits per heavy atom. The second-order valence-corrected chi connectivity index (χ2v) is 5.98. The molecule has 1 aromatic rings. The highest BCUT2D eigenvalue weighted by Crippen LogP contribution is 2.32. The van der Waals surface area contributed by atoms with Gasteiger partial charge in [-0.15, -0.1) is 0 Å². The molecule has 1 fully saturated rings. The van der Waals surface area contributed by atoms with Gasteiger partial charge >= 0.3 is 5.97 Å². The Morgan fingerprint density at radius 3 is 2.52 bits per heavy atom. The SMILES string of the molecule is O=C(O)[C@]1(O)CC(OC(O)/C=C/c2ccc(O)c(O)c2)[C@@H](O)[C@H](O)C1. The van der Waals surface area contributed by atoms with Crippen molar-refractivity contribution in [2.75, 3.05) is 0 Å². The van der Waals surface area contributed by atoms with E-state index in [1.54, 1.807) is 0 Å². The lowest BCUT2D eigenvalue weighted by molar-refractivity contribution is -0.216. The van der Waals surface area contributed by atoms with E-state index in [4.69, 9.17) is 9.84 Å². The standard InChI is InChI=1S/C16H20O9/c17-9-3-1-8(5-10(9)18)2-4-13(20)25-12-7-16(24,15(22)23)6-11(19)14(12)21/h1-5,11-14,17-21,24H,6-7H2,(H,22,23)/b4-2+/t11-,12?,13?,14+,16-/m1/s1. The first-order chi connectivity index (χ1) is 11.6. The third-order valence-electron chi connectivity index (χ3n) is 4.03. The molecule has 0 heterocycles. The predicted molar refractivity (Wildman–Crippen MR) is 83.5 cm³/mol. The van der Waals surface area contributed by atoms with Crippen LogP contribution in [-0.4, -0.2) is 71.9 Å². The summed E-state index contributed by atoms with van der Waals surface area (Å²) in [5.74, 6) is -2.22. The van der Waals surface area contributed by atoms with E-state index in [0.29, 0.717) is 5.56 Å². The molecule has 9 nitrogen and oxygen atoms in total. The molecule has 5 atom stereocenters. The fourth-order valence-electron chi connectivity index (χ4n) is 2.62. The molecule has 9 heteroatoms. The number of benzene rings is 1. The summed E-state index contributed by atoms with van der Waals surface area (Å²) in [5.41, 5.74) is -1.83. The van der Waals surface area contributed by atoms with Crippen LogP contribution in [0.25, 0.3) is 6.08 Å². The number of hydrogen-bond acceptors (Lipinski definition) is 8. The van der Waals surface area contributed by atoms with Gasteiger partial charge in [0.15, 0.2) is 23.4 Å². The maximum absolute atomic E-state index is 11.1. The number of phenols is 2. The number of aromatic hydroxyl groups is 2. The number of aliphatic carboxylic acids is 1. The molecule has 1 aliphatic rings. The Labute approximate surface area is 142 Å². The minimum Gasteiger partial charge on any atom is -0.504 e. The summed E-state index contributed by atoms with van der Waals surface area (Å²) in [5, 5.41) is 67.0. The van der Waals surface area contributed by atoms with Crippen LogP contribution in [0.15, 0.2) is 24.3 Å². The summed E-state index contributed by atoms with van der Waals surface area (Å²) in [6, 6.07) is 3.94. The summed E-state index contributed by atoms with van der Waals surface area (Å²) >= 11 is 0. The monoisotopic (exact) mass is 356 g/mol. The van der Waals surface area contributed by atoms with Crippen LogP contribution < -0.4 is 0 Å². The van der Waals surface area contributed by atoms with Gasteiger partial charge in [0, 0.05) is 12.8 Å². The number of carbonyl (C=O) groups is 1. The summed E-state index contributed by atoms with van der Waals surface area (Å²) in [7, 11) is 0. The van der Waals surface area contributed by atoms with Gasteiger partial charge in [-0.2, -0.15) is 0 Å². The molecule has 0 spiro atoms. The summed E-state index contributed by atoms with van der Waals surface area (Å²) in [6.45, 7) is 0. The molecule has 0 aromatic heterocycles. The number of carboxylic acids is 1. The van der Waals surface area contributed by atoms with E-state index in [-0.39, 0.29) is 11.5 Å². The van der Waals surface area contributed by atoms with Gasteiger partial charge in [-0.05, 0) is 23.8 Å². The smallest absolute Gasteiger partial charge is 0.335 e. The van der Waals surface area contributed by atoms with Gasteiger partial charge in [-0.1, -0.05) is 12.1 Å². The normalized spacial score (nSPS) is 31.1. The van der Waals surface area contributed by atoms with Crippen molar-refractivity contribution in [3.05, 3.63) is 29.8 Å². The molecule has 0 amide bonds. The van der Waals surface area contributed by atoms with Crippen molar-refractivity contribution in [2.45, 2.75) is 43.0 Å². The first kappa shape index (κ1) is 19.2. The highest BCUT2D eigenvalue weighted by Gasteiger charge is 2.49. The molecule has 138 valence electrons. The topological polar surface area (TPSA) is 168 Å². The highest BCUT2D eigenvalue weighted by molar-refractivity contribution is 5.77. The number of aliphatic hydroxyl groups excluding tert-OH is 3. The summed E-state index contributed by atoms with van der Waals surface area (Å²) in [4.78, 5) is 11.1. The quantitative estimate of drug-likeness (QED) is 0.262. The lowest BCUT2D eigenvalue weighted by atomic mass is 9.79. The van der Waals surface area contributed by atoms with Crippen LogP contribution in [0.4, 0.5) is 0 Å². The fourth-order valence-corrected chi connectivity index (χ4v) is 2.62. The molecule has 0 radical (unpaired) electrons. The zero-order valence-corrected chi connectivity index (χ0v) is 13.1. The third kappa shape index (κ3) is 4.47. The Hall–Kier alpha value is -2.17. The van der Waals surface area contributed by atoms with Crippen molar-refractivity contribution in [3.63, 3.8) is 0 Å². The Morgan fingerprint density at radius 2 is 1.92 bits per heavy atom. The van der Waals surface area contributed by atoms with Crippen molar-refractivity contribution in [1.82, 2.24) is 0 Å². The van der Waals surface area contributed by atoms with Gasteiger partial charge in [-0.3, -0.25) is 0 Å². The maximum Gasteiger partial charge on any atom is 0.335 e. The van der Waals surface area contributed by atoms with Crippen molar-refractivity contribution in [2.24, 2.45) is 0 Å². The van der Waals surface area contributed by atoms with Crippen LogP contribution in [-0.2, 0) is 9.53 Å². The van der Waals surface area contributed by atoms with Crippen LogP contribution in [0.1, 0.15) is 18.4 Å². The Bertz CT molecular complexity index is 659. The van der Waals surface area contributed by atoms with E-state index in [1.165, 1.54) is 24.3 Å². The molecule has 25 heavy (non-hydrogen) atoms. The fraction of sp³-hybridized carbons (Fsp3) is 0.438. The zero-order chi connectivity index (χ0) is 18.8. The van der Waals surface area contributed by atoms with Crippen molar-refractivity contribution in [3.8, 4) is 11.5 Å². The lowest BCUT2D eigenvalue weighted by Crippen LogP contribution is -2.57. The van der Waals surface area contributed by atoms with E-state index >= 15 is 0 Å². The van der Waals surface area contributed by atoms with Gasteiger partial charge in [0.25, 0.3) is 0 Å². The minimum atomic E-state index is -2.27. The Balaban J connectivity index is 2.04. The third-order valence-corrected chi connectivity index (χ3v) is 4.03. The predicted octanol–water partition coefficient (Wildman–Crippen LogP) is -0.854. The lowest BCUT2D eigenvalue weighted by Gasteiger charge is -2.40. The van der Waals surface area contributed by atoms with Crippen molar-refractivity contribution < 1.29 is 45.3 Å². The van der Waals surface area contributed by atoms with E-state index in [0.717, 1.165) is 6.08 Å². The van der Waals surface area contributed by atoms with Crippen molar-refractivity contribution in [1.29, 1.82) is 0 Å². The molecule has 1 aliphatic carbocycles. The van der Waals surface area contributed by atoms with Gasteiger partial charge in [0.05, 0.1) is 12.2 Å². The van der Waals surface area contributed by atoms with E-state index in [2.05, 4.69) is 0 Å². The van der Waals surface area contributed by atoms with E-state index in [1.807, 2.05) is 0 Å². The van der Waals surface area contributed by atoms with E-state index in [9.17, 15) is 35.4 Å². The molecule has 1 aromatic carbocycles. The zero-order valence-electron chi connectivity index (χ0n) is 13.1. The van der Waals surface area contributed by atoms with Gasteiger partial charge in [-0.25, -0.2) is 4.79 Å². The second-order valence-electron chi connectivity index (χ2n) is 5.98. The first-order valence-electron chi connectivity index (χ1n) is 7.48. The van der Waals surface area contributed by atoms with Gasteiger partial charge < -0.3 is 40.5 Å². The number of hydrogen-bond donors (Lipinski definition) is 7. The summed E-state index contributed by atoms with van der Waals surface area (Å²) in [6.07, 6.45) is -4.42. The molecule has 0 bridgehead atoms. The molecule has 2 rings (SSSR count). The van der Waals surface area contributed by atoms with Crippen molar-refractivity contribution >= 4 is 12.0 Å². The van der Waals surface area contributed by atoms with Gasteiger partial charge in [0.1, 0.15) is 6.10 Å². The molecule has 0 saturated heterocycles. The van der Waals surface area contributed by atoms with Crippen LogP contribution in [0, 0.1) is 0 Å². The van der Waals surface area contributed by atoms with Crippen LogP contribution >= 0.6 is 0 Å². The second kappa shape index (κ2) is 7.38. The van der Waals surface area contributed by atoms with Crippen LogP contribution in [0.3, 0.4) is 0 Å². The number of aliphatic hydroxyl groups is 4.